The molecule has 0 atom stereocenters. The summed E-state index contributed by atoms with van der Waals surface area (Å²) in [6.07, 6.45) is 10.4. The molecule has 34 heavy (non-hydrogen) atoms. The van der Waals surface area contributed by atoms with Crippen LogP contribution in [0.1, 0.15) is 35.1 Å². The first-order chi connectivity index (χ1) is 16.9. The highest BCUT2D eigenvalue weighted by Crippen LogP contribution is 2.51. The third-order valence-corrected chi connectivity index (χ3v) is 6.23. The highest BCUT2D eigenvalue weighted by atomic mass is 14.3. The second-order valence-electron chi connectivity index (χ2n) is 8.44. The fraction of sp³-hybridized carbons (Fsp3) is 0.0588. The van der Waals surface area contributed by atoms with Crippen LogP contribution in [0.5, 0.6) is 0 Å². The maximum absolute atomic E-state index is 2.23. The van der Waals surface area contributed by atoms with Gasteiger partial charge in [0.05, 0.1) is 0 Å². The Labute approximate surface area is 202 Å². The molecule has 0 aromatic heterocycles. The van der Waals surface area contributed by atoms with Crippen molar-refractivity contribution in [2.24, 2.45) is 0 Å². The predicted molar refractivity (Wildman–Crippen MR) is 147 cm³/mol. The van der Waals surface area contributed by atoms with Crippen molar-refractivity contribution in [1.82, 2.24) is 0 Å². The van der Waals surface area contributed by atoms with Gasteiger partial charge in [-0.05, 0) is 57.4 Å². The van der Waals surface area contributed by atoms with Crippen molar-refractivity contribution < 1.29 is 0 Å². The topological polar surface area (TPSA) is 0 Å². The SMILES string of the molecule is C1=CCC=C1.c1ccc(C2=C(c3ccccc3)C(c3ccccc3)=C(c3ccccc3)C2)cc1. The van der Waals surface area contributed by atoms with E-state index in [1.54, 1.807) is 0 Å². The van der Waals surface area contributed by atoms with E-state index in [0.717, 1.165) is 12.8 Å². The third-order valence-electron chi connectivity index (χ3n) is 6.23. The minimum Gasteiger partial charge on any atom is -0.0808 e. The first-order valence-electron chi connectivity index (χ1n) is 11.9. The Balaban J connectivity index is 0.000000429. The molecule has 0 aliphatic heterocycles. The highest BCUT2D eigenvalue weighted by Gasteiger charge is 2.28. The van der Waals surface area contributed by atoms with E-state index in [2.05, 4.69) is 146 Å². The van der Waals surface area contributed by atoms with Crippen LogP contribution in [0.25, 0.3) is 22.3 Å². The van der Waals surface area contributed by atoms with Gasteiger partial charge in [-0.3, -0.25) is 0 Å². The molecule has 0 N–H and O–H groups in total. The zero-order chi connectivity index (χ0) is 23.0. The van der Waals surface area contributed by atoms with E-state index < -0.39 is 0 Å². The van der Waals surface area contributed by atoms with E-state index in [4.69, 9.17) is 0 Å². The van der Waals surface area contributed by atoms with E-state index in [1.165, 1.54) is 44.5 Å². The van der Waals surface area contributed by atoms with Crippen molar-refractivity contribution in [3.8, 4) is 0 Å². The van der Waals surface area contributed by atoms with Gasteiger partial charge in [0.1, 0.15) is 0 Å². The summed E-state index contributed by atoms with van der Waals surface area (Å²) < 4.78 is 0. The van der Waals surface area contributed by atoms with Crippen molar-refractivity contribution in [3.05, 3.63) is 168 Å². The summed E-state index contributed by atoms with van der Waals surface area (Å²) in [6.45, 7) is 0. The minimum atomic E-state index is 0.933. The van der Waals surface area contributed by atoms with Crippen LogP contribution in [-0.4, -0.2) is 0 Å². The lowest BCUT2D eigenvalue weighted by atomic mass is 9.89. The molecular formula is C34H28. The van der Waals surface area contributed by atoms with Gasteiger partial charge >= 0.3 is 0 Å². The van der Waals surface area contributed by atoms with Gasteiger partial charge in [-0.25, -0.2) is 0 Å². The monoisotopic (exact) mass is 436 g/mol. The molecule has 0 spiro atoms. The van der Waals surface area contributed by atoms with E-state index in [9.17, 15) is 0 Å². The molecule has 0 radical (unpaired) electrons. The molecule has 6 rings (SSSR count). The molecule has 2 aliphatic rings. The Morgan fingerprint density at radius 2 is 0.676 bits per heavy atom. The molecule has 0 bridgehead atoms. The standard InChI is InChI=1S/C29H22.C5H6/c1-5-13-22(14-6-1)26-21-27(23-15-7-2-8-16-23)29(25-19-11-4-12-20-25)28(26)24-17-9-3-10-18-24;1-2-4-5-3-1/h1-20H,21H2;1-4H,5H2. The van der Waals surface area contributed by atoms with Gasteiger partial charge in [0.15, 0.2) is 0 Å². The molecule has 0 amide bonds. The van der Waals surface area contributed by atoms with Crippen LogP contribution < -0.4 is 0 Å². The van der Waals surface area contributed by atoms with Gasteiger partial charge in [-0.1, -0.05) is 146 Å². The first-order valence-corrected chi connectivity index (χ1v) is 11.9. The fourth-order valence-corrected chi connectivity index (χ4v) is 4.67. The van der Waals surface area contributed by atoms with Crippen LogP contribution in [0.3, 0.4) is 0 Å². The molecule has 4 aromatic rings. The first kappa shape index (κ1) is 21.7. The zero-order valence-electron chi connectivity index (χ0n) is 19.3. The largest absolute Gasteiger partial charge is 0.0808 e. The summed E-state index contributed by atoms with van der Waals surface area (Å²) in [5, 5.41) is 0. The van der Waals surface area contributed by atoms with Gasteiger partial charge in [0.25, 0.3) is 0 Å². The van der Waals surface area contributed by atoms with E-state index in [1.807, 2.05) is 0 Å². The third kappa shape index (κ3) is 4.77. The van der Waals surface area contributed by atoms with Crippen LogP contribution in [0, 0.1) is 0 Å². The molecule has 0 saturated heterocycles. The molecule has 2 aliphatic carbocycles. The maximum atomic E-state index is 2.23. The van der Waals surface area contributed by atoms with Gasteiger partial charge in [-0.15, -0.1) is 0 Å². The summed E-state index contributed by atoms with van der Waals surface area (Å²) in [4.78, 5) is 0. The smallest absolute Gasteiger partial charge is 0.000111 e. The number of hydrogen-bond donors (Lipinski definition) is 0. The summed E-state index contributed by atoms with van der Waals surface area (Å²) in [7, 11) is 0. The number of benzene rings is 4. The van der Waals surface area contributed by atoms with Gasteiger partial charge in [0, 0.05) is 0 Å². The Kier molecular flexibility index (Phi) is 6.78. The van der Waals surface area contributed by atoms with Gasteiger partial charge in [-0.2, -0.15) is 0 Å². The van der Waals surface area contributed by atoms with Crippen LogP contribution in [-0.2, 0) is 0 Å². The summed E-state index contributed by atoms with van der Waals surface area (Å²) in [5.74, 6) is 0. The fourth-order valence-electron chi connectivity index (χ4n) is 4.67. The Hall–Kier alpha value is -4.16. The van der Waals surface area contributed by atoms with Crippen molar-refractivity contribution in [2.45, 2.75) is 12.8 Å². The average Bonchev–Trinajstić information content (AvgIpc) is 3.63. The van der Waals surface area contributed by atoms with Crippen molar-refractivity contribution >= 4 is 22.3 Å². The lowest BCUT2D eigenvalue weighted by molar-refractivity contribution is 1.42. The Morgan fingerprint density at radius 3 is 0.971 bits per heavy atom. The lowest BCUT2D eigenvalue weighted by Gasteiger charge is -2.14. The lowest BCUT2D eigenvalue weighted by Crippen LogP contribution is -1.92. The quantitative estimate of drug-likeness (QED) is 0.299. The van der Waals surface area contributed by atoms with Crippen molar-refractivity contribution in [2.75, 3.05) is 0 Å². The van der Waals surface area contributed by atoms with Gasteiger partial charge < -0.3 is 0 Å². The highest BCUT2D eigenvalue weighted by molar-refractivity contribution is 6.27. The molecule has 0 nitrogen and oxygen atoms in total. The van der Waals surface area contributed by atoms with Crippen LogP contribution >= 0.6 is 0 Å². The zero-order valence-corrected chi connectivity index (χ0v) is 19.3. The van der Waals surface area contributed by atoms with Crippen LogP contribution in [0.15, 0.2) is 146 Å². The van der Waals surface area contributed by atoms with E-state index >= 15 is 0 Å². The molecule has 0 heterocycles. The Bertz CT molecular complexity index is 1230. The predicted octanol–water partition coefficient (Wildman–Crippen LogP) is 9.11. The molecule has 0 saturated carbocycles. The van der Waals surface area contributed by atoms with E-state index in [0.29, 0.717) is 0 Å². The molecule has 164 valence electrons. The number of allylic oxidation sites excluding steroid dienone is 8. The minimum absolute atomic E-state index is 0.933. The number of rotatable bonds is 4. The summed E-state index contributed by atoms with van der Waals surface area (Å²) in [6, 6.07) is 43.3. The van der Waals surface area contributed by atoms with E-state index in [-0.39, 0.29) is 0 Å². The Morgan fingerprint density at radius 1 is 0.353 bits per heavy atom. The molecule has 0 heteroatoms. The molecule has 0 unspecified atom stereocenters. The second-order valence-corrected chi connectivity index (χ2v) is 8.44. The van der Waals surface area contributed by atoms with Crippen molar-refractivity contribution in [3.63, 3.8) is 0 Å². The normalized spacial score (nSPS) is 14.4. The van der Waals surface area contributed by atoms with Gasteiger partial charge in [0.2, 0.25) is 0 Å². The number of hydrogen-bond acceptors (Lipinski definition) is 0. The summed E-state index contributed by atoms with van der Waals surface area (Å²) in [5.41, 5.74) is 10.6. The molecular weight excluding hydrogens is 408 g/mol. The molecule has 0 fully saturated rings. The van der Waals surface area contributed by atoms with Crippen LogP contribution in [0.2, 0.25) is 0 Å². The summed E-state index contributed by atoms with van der Waals surface area (Å²) >= 11 is 0. The molecule has 4 aromatic carbocycles. The van der Waals surface area contributed by atoms with Crippen molar-refractivity contribution in [1.29, 1.82) is 0 Å². The van der Waals surface area contributed by atoms with Crippen LogP contribution in [0.4, 0.5) is 0 Å². The second kappa shape index (κ2) is 10.6. The maximum Gasteiger partial charge on any atom is -0.000111 e. The average molecular weight is 437 g/mol.